The normalized spacial score (nSPS) is 19.9. The molecule has 18 heavy (non-hydrogen) atoms. The SMILES string of the molecule is NC1(c2ccccc2C(F)(F)F)CCC(=O)CC1. The van der Waals surface area contributed by atoms with Crippen LogP contribution in [0.3, 0.4) is 0 Å². The quantitative estimate of drug-likeness (QED) is 0.840. The minimum atomic E-state index is -4.41. The second-order valence-corrected chi connectivity index (χ2v) is 4.74. The average Bonchev–Trinajstić information content (AvgIpc) is 2.32. The fourth-order valence-electron chi connectivity index (χ4n) is 2.41. The molecular formula is C13H14F3NO. The highest BCUT2D eigenvalue weighted by atomic mass is 19.4. The van der Waals surface area contributed by atoms with Gasteiger partial charge in [0.15, 0.2) is 0 Å². The lowest BCUT2D eigenvalue weighted by Crippen LogP contribution is -2.42. The minimum absolute atomic E-state index is 0.0700. The number of ketones is 1. The summed E-state index contributed by atoms with van der Waals surface area (Å²) in [5.41, 5.74) is 4.46. The Bertz CT molecular complexity index is 458. The van der Waals surface area contributed by atoms with Crippen molar-refractivity contribution in [2.45, 2.75) is 37.4 Å². The van der Waals surface area contributed by atoms with E-state index in [0.717, 1.165) is 6.07 Å². The molecule has 0 radical (unpaired) electrons. The van der Waals surface area contributed by atoms with E-state index in [1.54, 1.807) is 6.07 Å². The van der Waals surface area contributed by atoms with E-state index in [1.807, 2.05) is 0 Å². The zero-order valence-electron chi connectivity index (χ0n) is 9.76. The molecule has 2 N–H and O–H groups in total. The molecule has 2 rings (SSSR count). The molecule has 1 saturated carbocycles. The first kappa shape index (κ1) is 13.1. The molecule has 0 bridgehead atoms. The highest BCUT2D eigenvalue weighted by molar-refractivity contribution is 5.79. The van der Waals surface area contributed by atoms with Gasteiger partial charge in [0.05, 0.1) is 5.56 Å². The molecule has 1 fully saturated rings. The molecule has 98 valence electrons. The monoisotopic (exact) mass is 257 g/mol. The number of carbonyl (C=O) groups is 1. The van der Waals surface area contributed by atoms with Crippen molar-refractivity contribution in [2.24, 2.45) is 5.73 Å². The van der Waals surface area contributed by atoms with Crippen LogP contribution in [0.2, 0.25) is 0 Å². The van der Waals surface area contributed by atoms with Gasteiger partial charge in [-0.15, -0.1) is 0 Å². The Morgan fingerprint density at radius 3 is 2.22 bits per heavy atom. The molecule has 1 aromatic carbocycles. The van der Waals surface area contributed by atoms with E-state index < -0.39 is 17.3 Å². The van der Waals surface area contributed by atoms with Crippen LogP contribution < -0.4 is 5.73 Å². The van der Waals surface area contributed by atoms with Gasteiger partial charge >= 0.3 is 6.18 Å². The Labute approximate surface area is 103 Å². The second-order valence-electron chi connectivity index (χ2n) is 4.74. The lowest BCUT2D eigenvalue weighted by Gasteiger charge is -2.35. The minimum Gasteiger partial charge on any atom is -0.321 e. The molecule has 0 heterocycles. The standard InChI is InChI=1S/C13H14F3NO/c14-13(15,16)11-4-2-1-3-10(11)12(17)7-5-9(18)6-8-12/h1-4H,5-8,17H2. The summed E-state index contributed by atoms with van der Waals surface area (Å²) in [7, 11) is 0. The zero-order valence-corrected chi connectivity index (χ0v) is 9.76. The summed E-state index contributed by atoms with van der Waals surface area (Å²) in [6.45, 7) is 0. The maximum atomic E-state index is 12.9. The van der Waals surface area contributed by atoms with Crippen LogP contribution in [0.4, 0.5) is 13.2 Å². The molecule has 0 aliphatic heterocycles. The smallest absolute Gasteiger partial charge is 0.321 e. The lowest BCUT2D eigenvalue weighted by molar-refractivity contribution is -0.139. The first-order valence-corrected chi connectivity index (χ1v) is 5.80. The number of nitrogens with two attached hydrogens (primary N) is 1. The fraction of sp³-hybridized carbons (Fsp3) is 0.462. The zero-order chi connectivity index (χ0) is 13.4. The van der Waals surface area contributed by atoms with Gasteiger partial charge in [-0.1, -0.05) is 18.2 Å². The topological polar surface area (TPSA) is 43.1 Å². The van der Waals surface area contributed by atoms with Gasteiger partial charge in [0, 0.05) is 18.4 Å². The highest BCUT2D eigenvalue weighted by Gasteiger charge is 2.41. The number of benzene rings is 1. The molecule has 1 aliphatic carbocycles. The Morgan fingerprint density at radius 2 is 1.67 bits per heavy atom. The summed E-state index contributed by atoms with van der Waals surface area (Å²) in [5, 5.41) is 0. The van der Waals surface area contributed by atoms with Gasteiger partial charge in [-0.05, 0) is 24.5 Å². The van der Waals surface area contributed by atoms with Crippen LogP contribution in [0, 0.1) is 0 Å². The molecule has 0 spiro atoms. The van der Waals surface area contributed by atoms with Gasteiger partial charge in [-0.25, -0.2) is 0 Å². The molecule has 2 nitrogen and oxygen atoms in total. The van der Waals surface area contributed by atoms with Crippen molar-refractivity contribution in [2.75, 3.05) is 0 Å². The molecule has 1 aromatic rings. The van der Waals surface area contributed by atoms with E-state index in [-0.39, 0.29) is 37.0 Å². The molecule has 0 unspecified atom stereocenters. The second kappa shape index (κ2) is 4.39. The van der Waals surface area contributed by atoms with Crippen LogP contribution in [0.25, 0.3) is 0 Å². The Kier molecular flexibility index (Phi) is 3.19. The summed E-state index contributed by atoms with van der Waals surface area (Å²) in [4.78, 5) is 11.2. The average molecular weight is 257 g/mol. The van der Waals surface area contributed by atoms with Gasteiger partial charge in [0.1, 0.15) is 5.78 Å². The van der Waals surface area contributed by atoms with Crippen molar-refractivity contribution >= 4 is 5.78 Å². The molecule has 0 aromatic heterocycles. The fourth-order valence-corrected chi connectivity index (χ4v) is 2.41. The van der Waals surface area contributed by atoms with E-state index in [4.69, 9.17) is 5.73 Å². The van der Waals surface area contributed by atoms with Crippen LogP contribution in [0.5, 0.6) is 0 Å². The van der Waals surface area contributed by atoms with Crippen LogP contribution >= 0.6 is 0 Å². The van der Waals surface area contributed by atoms with Crippen molar-refractivity contribution in [1.29, 1.82) is 0 Å². The number of rotatable bonds is 1. The summed E-state index contributed by atoms with van der Waals surface area (Å²) in [6.07, 6.45) is -3.35. The Balaban J connectivity index is 2.42. The highest BCUT2D eigenvalue weighted by Crippen LogP contribution is 2.40. The largest absolute Gasteiger partial charge is 0.416 e. The van der Waals surface area contributed by atoms with E-state index in [9.17, 15) is 18.0 Å². The summed E-state index contributed by atoms with van der Waals surface area (Å²) in [5.74, 6) is 0.0700. The van der Waals surface area contributed by atoms with Crippen LogP contribution in [0.15, 0.2) is 24.3 Å². The number of carbonyl (C=O) groups excluding carboxylic acids is 1. The van der Waals surface area contributed by atoms with Crippen molar-refractivity contribution in [1.82, 2.24) is 0 Å². The van der Waals surface area contributed by atoms with E-state index in [0.29, 0.717) is 0 Å². The molecule has 0 saturated heterocycles. The molecule has 0 amide bonds. The maximum absolute atomic E-state index is 12.9. The van der Waals surface area contributed by atoms with Crippen molar-refractivity contribution in [3.8, 4) is 0 Å². The van der Waals surface area contributed by atoms with Gasteiger partial charge < -0.3 is 5.73 Å². The van der Waals surface area contributed by atoms with E-state index in [2.05, 4.69) is 0 Å². The molecular weight excluding hydrogens is 243 g/mol. The molecule has 0 atom stereocenters. The van der Waals surface area contributed by atoms with Crippen LogP contribution in [-0.4, -0.2) is 5.78 Å². The van der Waals surface area contributed by atoms with E-state index >= 15 is 0 Å². The van der Waals surface area contributed by atoms with E-state index in [1.165, 1.54) is 12.1 Å². The Morgan fingerprint density at radius 1 is 1.11 bits per heavy atom. The predicted molar refractivity (Wildman–Crippen MR) is 60.8 cm³/mol. The third-order valence-corrected chi connectivity index (χ3v) is 3.47. The van der Waals surface area contributed by atoms with Crippen LogP contribution in [-0.2, 0) is 16.5 Å². The third-order valence-electron chi connectivity index (χ3n) is 3.47. The van der Waals surface area contributed by atoms with Crippen molar-refractivity contribution in [3.63, 3.8) is 0 Å². The first-order chi connectivity index (χ1) is 8.33. The van der Waals surface area contributed by atoms with Gasteiger partial charge in [0.2, 0.25) is 0 Å². The number of hydrogen-bond acceptors (Lipinski definition) is 2. The third kappa shape index (κ3) is 2.41. The summed E-state index contributed by atoms with van der Waals surface area (Å²) >= 11 is 0. The van der Waals surface area contributed by atoms with Crippen molar-refractivity contribution in [3.05, 3.63) is 35.4 Å². The summed E-state index contributed by atoms with van der Waals surface area (Å²) < 4.78 is 38.8. The number of halogens is 3. The van der Waals surface area contributed by atoms with Gasteiger partial charge in [0.25, 0.3) is 0 Å². The number of alkyl halides is 3. The maximum Gasteiger partial charge on any atom is 0.416 e. The first-order valence-electron chi connectivity index (χ1n) is 5.80. The Hall–Kier alpha value is -1.36. The lowest BCUT2D eigenvalue weighted by atomic mass is 9.75. The van der Waals surface area contributed by atoms with Crippen LogP contribution in [0.1, 0.15) is 36.8 Å². The van der Waals surface area contributed by atoms with Gasteiger partial charge in [-0.3, -0.25) is 4.79 Å². The number of hydrogen-bond donors (Lipinski definition) is 1. The number of Topliss-reactive ketones (excluding diaryl/α,β-unsaturated/α-hetero) is 1. The molecule has 5 heteroatoms. The predicted octanol–water partition coefficient (Wildman–Crippen LogP) is 3.00. The summed E-state index contributed by atoms with van der Waals surface area (Å²) in [6, 6.07) is 5.36. The van der Waals surface area contributed by atoms with Crippen molar-refractivity contribution < 1.29 is 18.0 Å². The van der Waals surface area contributed by atoms with Gasteiger partial charge in [-0.2, -0.15) is 13.2 Å². The molecule has 1 aliphatic rings.